The van der Waals surface area contributed by atoms with Crippen LogP contribution in [0.4, 0.5) is 0 Å². The topological polar surface area (TPSA) is 101 Å². The number of nitrogens with two attached hydrogens (primary N) is 1. The fourth-order valence-corrected chi connectivity index (χ4v) is 1.01. The highest BCUT2D eigenvalue weighted by molar-refractivity contribution is 5.88. The fourth-order valence-electron chi connectivity index (χ4n) is 1.01. The van der Waals surface area contributed by atoms with E-state index in [1.54, 1.807) is 6.08 Å². The van der Waals surface area contributed by atoms with Gasteiger partial charge in [0.1, 0.15) is 6.04 Å². The molecule has 16 heavy (non-hydrogen) atoms. The predicted octanol–water partition coefficient (Wildman–Crippen LogP) is 1.24. The molecule has 0 aromatic rings. The Hall–Kier alpha value is -1.36. The summed E-state index contributed by atoms with van der Waals surface area (Å²) in [6, 6.07) is -1.16. The van der Waals surface area contributed by atoms with Gasteiger partial charge in [-0.3, -0.25) is 4.79 Å². The van der Waals surface area contributed by atoms with E-state index in [1.165, 1.54) is 0 Å². The molecular weight excluding hydrogens is 210 g/mol. The molecule has 1 atom stereocenters. The van der Waals surface area contributed by atoms with Crippen molar-refractivity contribution in [1.29, 1.82) is 0 Å². The number of carboxylic acid groups (broad SMARTS) is 2. The lowest BCUT2D eigenvalue weighted by molar-refractivity contribution is -0.138. The van der Waals surface area contributed by atoms with E-state index in [2.05, 4.69) is 0 Å². The molecule has 0 saturated heterocycles. The molecule has 92 valence electrons. The minimum atomic E-state index is -1.19. The third kappa shape index (κ3) is 6.19. The first kappa shape index (κ1) is 14.6. The number of carbonyl (C=O) groups is 2. The quantitative estimate of drug-likeness (QED) is 0.616. The molecule has 0 rings (SSSR count). The lowest BCUT2D eigenvalue weighted by Gasteiger charge is -2.16. The molecule has 0 aliphatic heterocycles. The van der Waals surface area contributed by atoms with Crippen LogP contribution in [0.1, 0.15) is 33.6 Å². The van der Waals surface area contributed by atoms with Gasteiger partial charge >= 0.3 is 11.9 Å². The largest absolute Gasteiger partial charge is 0.480 e. The van der Waals surface area contributed by atoms with Gasteiger partial charge in [-0.25, -0.2) is 4.79 Å². The molecule has 0 aromatic heterocycles. The number of rotatable bonds is 5. The van der Waals surface area contributed by atoms with Gasteiger partial charge in [-0.2, -0.15) is 0 Å². The predicted molar refractivity (Wildman–Crippen MR) is 60.0 cm³/mol. The van der Waals surface area contributed by atoms with Crippen LogP contribution in [0.5, 0.6) is 0 Å². The molecule has 4 N–H and O–H groups in total. The molecule has 0 saturated carbocycles. The summed E-state index contributed by atoms with van der Waals surface area (Å²) in [7, 11) is 0. The van der Waals surface area contributed by atoms with Gasteiger partial charge in [0.05, 0.1) is 0 Å². The van der Waals surface area contributed by atoms with Crippen LogP contribution in [0.15, 0.2) is 11.6 Å². The Balaban J connectivity index is 4.63. The van der Waals surface area contributed by atoms with Crippen LogP contribution in [0.25, 0.3) is 0 Å². The second-order valence-electron chi connectivity index (χ2n) is 4.95. The average molecular weight is 229 g/mol. The summed E-state index contributed by atoms with van der Waals surface area (Å²) in [5.41, 5.74) is 5.32. The Morgan fingerprint density at radius 2 is 1.81 bits per heavy atom. The molecule has 0 aliphatic carbocycles. The first-order chi connectivity index (χ1) is 7.13. The number of aliphatic carboxylic acids is 2. The maximum Gasteiger partial charge on any atom is 0.331 e. The Morgan fingerprint density at radius 3 is 2.12 bits per heavy atom. The van der Waals surface area contributed by atoms with Crippen LogP contribution in [0.3, 0.4) is 0 Å². The Bertz CT molecular complexity index is 302. The Kier molecular flexibility index (Phi) is 5.17. The summed E-state index contributed by atoms with van der Waals surface area (Å²) in [5, 5.41) is 17.5. The second kappa shape index (κ2) is 5.65. The molecule has 0 aromatic carbocycles. The van der Waals surface area contributed by atoms with Crippen molar-refractivity contribution in [1.82, 2.24) is 0 Å². The molecule has 5 nitrogen and oxygen atoms in total. The highest BCUT2D eigenvalue weighted by atomic mass is 16.4. The zero-order valence-corrected chi connectivity index (χ0v) is 9.86. The van der Waals surface area contributed by atoms with Gasteiger partial charge in [0.25, 0.3) is 0 Å². The van der Waals surface area contributed by atoms with Crippen molar-refractivity contribution in [3.05, 3.63) is 11.6 Å². The first-order valence-electron chi connectivity index (χ1n) is 5.04. The molecule has 5 heteroatoms. The summed E-state index contributed by atoms with van der Waals surface area (Å²) < 4.78 is 0. The van der Waals surface area contributed by atoms with E-state index in [-0.39, 0.29) is 17.4 Å². The lowest BCUT2D eigenvalue weighted by atomic mass is 9.90. The van der Waals surface area contributed by atoms with Crippen molar-refractivity contribution in [2.75, 3.05) is 0 Å². The van der Waals surface area contributed by atoms with Gasteiger partial charge in [-0.15, -0.1) is 0 Å². The molecule has 0 bridgehead atoms. The fraction of sp³-hybridized carbons (Fsp3) is 0.636. The van der Waals surface area contributed by atoms with Gasteiger partial charge in [0, 0.05) is 12.0 Å². The molecule has 0 spiro atoms. The normalized spacial score (nSPS) is 14.6. The molecule has 0 fully saturated rings. The highest BCUT2D eigenvalue weighted by Gasteiger charge is 2.19. The zero-order valence-electron chi connectivity index (χ0n) is 9.86. The van der Waals surface area contributed by atoms with Crippen molar-refractivity contribution in [2.24, 2.45) is 11.1 Å². The standard InChI is InChI=1S/C11H19NO4/c1-11(2,3)5-4-7(9(13)14)6-8(12)10(15)16/h4,8H,5-6,12H2,1-3H3,(H,13,14)(H,15,16)/b7-4+/t8-/m0/s1. The van der Waals surface area contributed by atoms with Crippen molar-refractivity contribution in [3.63, 3.8) is 0 Å². The minimum absolute atomic E-state index is 0.0337. The van der Waals surface area contributed by atoms with Crippen molar-refractivity contribution in [2.45, 2.75) is 39.7 Å². The molecule has 0 amide bonds. The number of allylic oxidation sites excluding steroid dienone is 1. The van der Waals surface area contributed by atoms with Crippen molar-refractivity contribution in [3.8, 4) is 0 Å². The summed E-state index contributed by atoms with van der Waals surface area (Å²) in [6.07, 6.45) is 1.97. The van der Waals surface area contributed by atoms with Gasteiger partial charge in [-0.1, -0.05) is 26.8 Å². The lowest BCUT2D eigenvalue weighted by Crippen LogP contribution is -2.31. The van der Waals surface area contributed by atoms with Crippen LogP contribution in [-0.2, 0) is 9.59 Å². The van der Waals surface area contributed by atoms with Gasteiger partial charge in [-0.05, 0) is 11.8 Å². The van der Waals surface area contributed by atoms with Gasteiger partial charge in [0.15, 0.2) is 0 Å². The van der Waals surface area contributed by atoms with Gasteiger partial charge in [0.2, 0.25) is 0 Å². The van der Waals surface area contributed by atoms with Crippen molar-refractivity contribution >= 4 is 11.9 Å². The van der Waals surface area contributed by atoms with E-state index in [9.17, 15) is 9.59 Å². The van der Waals surface area contributed by atoms with E-state index in [0.717, 1.165) is 0 Å². The van der Waals surface area contributed by atoms with E-state index in [4.69, 9.17) is 15.9 Å². The average Bonchev–Trinajstić information content (AvgIpc) is 2.09. The SMILES string of the molecule is CC(C)(C)C/C=C(\C[C@H](N)C(=O)O)C(=O)O. The summed E-state index contributed by atoms with van der Waals surface area (Å²) >= 11 is 0. The van der Waals surface area contributed by atoms with Gasteiger partial charge < -0.3 is 15.9 Å². The minimum Gasteiger partial charge on any atom is -0.480 e. The Labute approximate surface area is 95.0 Å². The Morgan fingerprint density at radius 1 is 1.31 bits per heavy atom. The smallest absolute Gasteiger partial charge is 0.331 e. The third-order valence-corrected chi connectivity index (χ3v) is 1.99. The molecular formula is C11H19NO4. The van der Waals surface area contributed by atoms with Crippen molar-refractivity contribution < 1.29 is 19.8 Å². The monoisotopic (exact) mass is 229 g/mol. The first-order valence-corrected chi connectivity index (χ1v) is 5.04. The van der Waals surface area contributed by atoms with Crippen LogP contribution in [0, 0.1) is 5.41 Å². The zero-order chi connectivity index (χ0) is 12.9. The van der Waals surface area contributed by atoms with Crippen LogP contribution >= 0.6 is 0 Å². The van der Waals surface area contributed by atoms with Crippen LogP contribution in [0.2, 0.25) is 0 Å². The second-order valence-corrected chi connectivity index (χ2v) is 4.95. The number of carboxylic acids is 2. The third-order valence-electron chi connectivity index (χ3n) is 1.99. The number of hydrogen-bond acceptors (Lipinski definition) is 3. The molecule has 0 heterocycles. The number of hydrogen-bond donors (Lipinski definition) is 3. The highest BCUT2D eigenvalue weighted by Crippen LogP contribution is 2.21. The molecule has 0 radical (unpaired) electrons. The van der Waals surface area contributed by atoms with E-state index in [1.807, 2.05) is 20.8 Å². The summed E-state index contributed by atoms with van der Waals surface area (Å²) in [6.45, 7) is 5.92. The van der Waals surface area contributed by atoms with Crippen LogP contribution < -0.4 is 5.73 Å². The van der Waals surface area contributed by atoms with E-state index in [0.29, 0.717) is 6.42 Å². The summed E-state index contributed by atoms with van der Waals surface area (Å²) in [5.74, 6) is -2.30. The van der Waals surface area contributed by atoms with Crippen LogP contribution in [-0.4, -0.2) is 28.2 Å². The van der Waals surface area contributed by atoms with E-state index < -0.39 is 18.0 Å². The molecule has 0 unspecified atom stereocenters. The van der Waals surface area contributed by atoms with E-state index >= 15 is 0 Å². The molecule has 0 aliphatic rings. The maximum atomic E-state index is 10.9. The summed E-state index contributed by atoms with van der Waals surface area (Å²) in [4.78, 5) is 21.4. The maximum absolute atomic E-state index is 10.9.